The van der Waals surface area contributed by atoms with Crippen LogP contribution in [0.3, 0.4) is 0 Å². The van der Waals surface area contributed by atoms with Crippen molar-refractivity contribution in [1.29, 1.82) is 0 Å². The van der Waals surface area contributed by atoms with E-state index in [0.29, 0.717) is 0 Å². The first-order valence-corrected chi connectivity index (χ1v) is 3.31. The average molecular weight is 131 g/mol. The van der Waals surface area contributed by atoms with Gasteiger partial charge in [-0.25, -0.2) is 0 Å². The van der Waals surface area contributed by atoms with Crippen molar-refractivity contribution in [3.05, 3.63) is 0 Å². The minimum Gasteiger partial charge on any atom is -0.309 e. The Bertz CT molecular complexity index is 54.3. The number of hydrogen-bond acceptors (Lipinski definition) is 3. The maximum atomic E-state index is 3.03. The summed E-state index contributed by atoms with van der Waals surface area (Å²) in [6, 6.07) is 0. The Morgan fingerprint density at radius 3 is 2.44 bits per heavy atom. The molecule has 0 amide bonds. The summed E-state index contributed by atoms with van der Waals surface area (Å²) in [6.45, 7) is 2.18. The second-order valence-corrected chi connectivity index (χ2v) is 2.33. The minimum absolute atomic E-state index is 1.04. The van der Waals surface area contributed by atoms with E-state index in [2.05, 4.69) is 29.8 Å². The van der Waals surface area contributed by atoms with E-state index in [1.165, 1.54) is 6.42 Å². The molecule has 0 heterocycles. The third-order valence-electron chi connectivity index (χ3n) is 1.08. The zero-order chi connectivity index (χ0) is 7.11. The molecule has 2 N–H and O–H groups in total. The van der Waals surface area contributed by atoms with E-state index in [9.17, 15) is 0 Å². The van der Waals surface area contributed by atoms with Gasteiger partial charge in [0.1, 0.15) is 0 Å². The molecule has 0 spiro atoms. The Morgan fingerprint density at radius 2 is 2.00 bits per heavy atom. The van der Waals surface area contributed by atoms with Crippen LogP contribution >= 0.6 is 0 Å². The molecule has 0 aliphatic carbocycles. The predicted molar refractivity (Wildman–Crippen MR) is 40.2 cm³/mol. The highest BCUT2D eigenvalue weighted by atomic mass is 15.3. The van der Waals surface area contributed by atoms with E-state index in [1.807, 2.05) is 7.05 Å². The van der Waals surface area contributed by atoms with Crippen molar-refractivity contribution < 1.29 is 0 Å². The Labute approximate surface area is 57.4 Å². The molecule has 0 rings (SSSR count). The summed E-state index contributed by atoms with van der Waals surface area (Å²) >= 11 is 0. The lowest BCUT2D eigenvalue weighted by Gasteiger charge is -2.08. The van der Waals surface area contributed by atoms with Gasteiger partial charge in [0.05, 0.1) is 0 Å². The molecule has 0 radical (unpaired) electrons. The second-order valence-electron chi connectivity index (χ2n) is 2.33. The van der Waals surface area contributed by atoms with Crippen molar-refractivity contribution in [3.8, 4) is 0 Å². The molecule has 0 aromatic carbocycles. The van der Waals surface area contributed by atoms with Gasteiger partial charge in [0.25, 0.3) is 0 Å². The van der Waals surface area contributed by atoms with Crippen LogP contribution in [0.25, 0.3) is 0 Å². The molecule has 56 valence electrons. The Balaban J connectivity index is 2.75. The predicted octanol–water partition coefficient (Wildman–Crippen LogP) is -0.338. The molecular formula is C6H17N3. The minimum atomic E-state index is 1.04. The number of hydrazine groups is 1. The standard InChI is InChI=1S/C6H17N3/c1-7-8-5-4-6-9(2)3/h7-8H,4-6H2,1-3H3. The van der Waals surface area contributed by atoms with Crippen LogP contribution in [0.15, 0.2) is 0 Å². The van der Waals surface area contributed by atoms with Crippen LogP contribution in [-0.2, 0) is 0 Å². The normalized spacial score (nSPS) is 10.7. The highest BCUT2D eigenvalue weighted by Crippen LogP contribution is 1.78. The quantitative estimate of drug-likeness (QED) is 0.395. The smallest absolute Gasteiger partial charge is 0.0112 e. The molecule has 0 aromatic rings. The van der Waals surface area contributed by atoms with Gasteiger partial charge in [-0.05, 0) is 34.1 Å². The molecule has 9 heavy (non-hydrogen) atoms. The number of nitrogens with one attached hydrogen (secondary N) is 2. The summed E-state index contributed by atoms with van der Waals surface area (Å²) in [6.07, 6.45) is 1.19. The van der Waals surface area contributed by atoms with Crippen LogP contribution in [0.5, 0.6) is 0 Å². The van der Waals surface area contributed by atoms with E-state index in [4.69, 9.17) is 0 Å². The van der Waals surface area contributed by atoms with Crippen molar-refractivity contribution >= 4 is 0 Å². The van der Waals surface area contributed by atoms with Gasteiger partial charge >= 0.3 is 0 Å². The zero-order valence-corrected chi connectivity index (χ0v) is 6.57. The molecular weight excluding hydrogens is 114 g/mol. The van der Waals surface area contributed by atoms with E-state index < -0.39 is 0 Å². The number of nitrogens with zero attached hydrogens (tertiary/aromatic N) is 1. The average Bonchev–Trinajstić information content (AvgIpc) is 1.80. The Morgan fingerprint density at radius 1 is 1.33 bits per heavy atom. The van der Waals surface area contributed by atoms with Crippen molar-refractivity contribution in [2.45, 2.75) is 6.42 Å². The summed E-state index contributed by atoms with van der Waals surface area (Å²) in [5.41, 5.74) is 5.90. The third-order valence-corrected chi connectivity index (χ3v) is 1.08. The van der Waals surface area contributed by atoms with Crippen LogP contribution in [0.2, 0.25) is 0 Å². The lowest BCUT2D eigenvalue weighted by Crippen LogP contribution is -2.30. The molecule has 0 atom stereocenters. The maximum Gasteiger partial charge on any atom is 0.0112 e. The summed E-state index contributed by atoms with van der Waals surface area (Å²) < 4.78 is 0. The molecule has 0 fully saturated rings. The van der Waals surface area contributed by atoms with Crippen LogP contribution < -0.4 is 10.9 Å². The molecule has 0 saturated heterocycles. The summed E-state index contributed by atoms with van der Waals surface area (Å²) in [5, 5.41) is 0. The number of rotatable bonds is 5. The molecule has 0 aliphatic rings. The van der Waals surface area contributed by atoms with Gasteiger partial charge < -0.3 is 4.90 Å². The van der Waals surface area contributed by atoms with Gasteiger partial charge in [0.15, 0.2) is 0 Å². The first-order chi connectivity index (χ1) is 4.27. The van der Waals surface area contributed by atoms with E-state index >= 15 is 0 Å². The molecule has 0 saturated carbocycles. The van der Waals surface area contributed by atoms with Gasteiger partial charge in [-0.15, -0.1) is 0 Å². The fourth-order valence-electron chi connectivity index (χ4n) is 0.609. The lowest BCUT2D eigenvalue weighted by molar-refractivity contribution is 0.389. The van der Waals surface area contributed by atoms with Crippen LogP contribution in [-0.4, -0.2) is 39.1 Å². The zero-order valence-electron chi connectivity index (χ0n) is 6.57. The van der Waals surface area contributed by atoms with Gasteiger partial charge in [-0.3, -0.25) is 10.9 Å². The molecule has 0 unspecified atom stereocenters. The van der Waals surface area contributed by atoms with E-state index in [1.54, 1.807) is 0 Å². The summed E-state index contributed by atoms with van der Waals surface area (Å²) in [4.78, 5) is 2.18. The first-order valence-electron chi connectivity index (χ1n) is 3.31. The SMILES string of the molecule is CNNCCCN(C)C. The number of hydrogen-bond donors (Lipinski definition) is 2. The first kappa shape index (κ1) is 8.88. The van der Waals surface area contributed by atoms with Crippen molar-refractivity contribution in [2.24, 2.45) is 0 Å². The van der Waals surface area contributed by atoms with Crippen LogP contribution in [0, 0.1) is 0 Å². The fraction of sp³-hybridized carbons (Fsp3) is 1.00. The largest absolute Gasteiger partial charge is 0.309 e. The van der Waals surface area contributed by atoms with Gasteiger partial charge in [0.2, 0.25) is 0 Å². The van der Waals surface area contributed by atoms with E-state index in [0.717, 1.165) is 13.1 Å². The van der Waals surface area contributed by atoms with Gasteiger partial charge in [-0.1, -0.05) is 0 Å². The molecule has 0 bridgehead atoms. The molecule has 0 aliphatic heterocycles. The highest BCUT2D eigenvalue weighted by molar-refractivity contribution is 4.44. The topological polar surface area (TPSA) is 27.3 Å². The second kappa shape index (κ2) is 6.01. The molecule has 0 aromatic heterocycles. The van der Waals surface area contributed by atoms with E-state index in [-0.39, 0.29) is 0 Å². The van der Waals surface area contributed by atoms with Gasteiger partial charge in [0, 0.05) is 6.54 Å². The van der Waals surface area contributed by atoms with Crippen LogP contribution in [0.1, 0.15) is 6.42 Å². The lowest BCUT2D eigenvalue weighted by atomic mass is 10.4. The van der Waals surface area contributed by atoms with Crippen LogP contribution in [0.4, 0.5) is 0 Å². The third kappa shape index (κ3) is 7.88. The van der Waals surface area contributed by atoms with Crippen molar-refractivity contribution in [3.63, 3.8) is 0 Å². The molecule has 3 heteroatoms. The Kier molecular flexibility index (Phi) is 5.93. The summed E-state index contributed by atoms with van der Waals surface area (Å²) in [7, 11) is 6.05. The van der Waals surface area contributed by atoms with Gasteiger partial charge in [-0.2, -0.15) is 0 Å². The fourth-order valence-corrected chi connectivity index (χ4v) is 0.609. The molecule has 3 nitrogen and oxygen atoms in total. The maximum absolute atomic E-state index is 3.03. The summed E-state index contributed by atoms with van der Waals surface area (Å²) in [5.74, 6) is 0. The van der Waals surface area contributed by atoms with Crippen molar-refractivity contribution in [2.75, 3.05) is 34.2 Å². The monoisotopic (exact) mass is 131 g/mol. The Hall–Kier alpha value is -0.120. The highest BCUT2D eigenvalue weighted by Gasteiger charge is 1.87. The van der Waals surface area contributed by atoms with Crippen molar-refractivity contribution in [1.82, 2.24) is 15.8 Å².